The lowest BCUT2D eigenvalue weighted by atomic mass is 9.91. The smallest absolute Gasteiger partial charge is 0.252 e. The molecule has 0 unspecified atom stereocenters. The topological polar surface area (TPSA) is 70.7 Å². The highest BCUT2D eigenvalue weighted by molar-refractivity contribution is 5.95. The molecule has 0 spiro atoms. The second-order valence-corrected chi connectivity index (χ2v) is 6.73. The van der Waals surface area contributed by atoms with E-state index in [0.717, 1.165) is 31.7 Å². The molecule has 0 radical (unpaired) electrons. The molecule has 2 aliphatic rings. The van der Waals surface area contributed by atoms with Crippen molar-refractivity contribution in [3.05, 3.63) is 29.8 Å². The minimum absolute atomic E-state index is 0. The van der Waals surface area contributed by atoms with E-state index in [1.807, 2.05) is 23.1 Å². The van der Waals surface area contributed by atoms with Crippen molar-refractivity contribution in [2.45, 2.75) is 37.7 Å². The van der Waals surface area contributed by atoms with Crippen molar-refractivity contribution >= 4 is 29.9 Å². The van der Waals surface area contributed by atoms with Crippen LogP contribution in [-0.2, 0) is 20.7 Å². The molecule has 1 aromatic rings. The van der Waals surface area contributed by atoms with E-state index in [2.05, 4.69) is 16.7 Å². The van der Waals surface area contributed by atoms with Crippen LogP contribution >= 0.6 is 12.4 Å². The first-order valence-corrected chi connectivity index (χ1v) is 9.09. The molecule has 3 rings (SSSR count). The van der Waals surface area contributed by atoms with Crippen LogP contribution in [0.5, 0.6) is 0 Å². The van der Waals surface area contributed by atoms with Gasteiger partial charge in [0.15, 0.2) is 0 Å². The minimum atomic E-state index is -0.719. The Morgan fingerprint density at radius 3 is 2.73 bits per heavy atom. The zero-order valence-electron chi connectivity index (χ0n) is 15.3. The largest absolute Gasteiger partial charge is 0.368 e. The Morgan fingerprint density at radius 1 is 1.27 bits per heavy atom. The Hall–Kier alpha value is -1.63. The van der Waals surface area contributed by atoms with Crippen LogP contribution in [0.4, 0.5) is 5.69 Å². The molecule has 0 aliphatic carbocycles. The number of nitrogens with one attached hydrogen (secondary N) is 2. The van der Waals surface area contributed by atoms with Crippen molar-refractivity contribution in [1.29, 1.82) is 0 Å². The number of methoxy groups -OCH3 is 1. The molecule has 2 heterocycles. The van der Waals surface area contributed by atoms with Gasteiger partial charge in [-0.2, -0.15) is 0 Å². The van der Waals surface area contributed by atoms with Gasteiger partial charge in [-0.1, -0.05) is 18.2 Å². The summed E-state index contributed by atoms with van der Waals surface area (Å²) in [7, 11) is 1.60. The summed E-state index contributed by atoms with van der Waals surface area (Å²) in [5, 5.41) is 6.19. The number of hydrogen-bond donors (Lipinski definition) is 2. The van der Waals surface area contributed by atoms with E-state index in [-0.39, 0.29) is 24.2 Å². The van der Waals surface area contributed by atoms with Crippen LogP contribution < -0.4 is 15.5 Å². The van der Waals surface area contributed by atoms with Crippen LogP contribution in [0.25, 0.3) is 0 Å². The monoisotopic (exact) mass is 381 g/mol. The molecule has 2 N–H and O–H groups in total. The fraction of sp³-hybridized carbons (Fsp3) is 0.579. The molecule has 7 heteroatoms. The van der Waals surface area contributed by atoms with Crippen LogP contribution in [0.15, 0.2) is 24.3 Å². The lowest BCUT2D eigenvalue weighted by Gasteiger charge is -2.34. The second kappa shape index (κ2) is 9.35. The first kappa shape index (κ1) is 20.7. The van der Waals surface area contributed by atoms with E-state index >= 15 is 0 Å². The molecule has 2 aliphatic heterocycles. The summed E-state index contributed by atoms with van der Waals surface area (Å²) in [6, 6.07) is 8.05. The van der Waals surface area contributed by atoms with Gasteiger partial charge in [-0.3, -0.25) is 9.59 Å². The lowest BCUT2D eigenvalue weighted by Crippen LogP contribution is -2.54. The fourth-order valence-corrected chi connectivity index (χ4v) is 3.69. The highest BCUT2D eigenvalue weighted by atomic mass is 35.5. The number of ether oxygens (including phenoxy) is 1. The first-order chi connectivity index (χ1) is 12.2. The number of halogens is 1. The Kier molecular flexibility index (Phi) is 7.43. The van der Waals surface area contributed by atoms with Gasteiger partial charge >= 0.3 is 0 Å². The van der Waals surface area contributed by atoms with Gasteiger partial charge in [0.25, 0.3) is 5.91 Å². The van der Waals surface area contributed by atoms with Crippen molar-refractivity contribution in [2.24, 2.45) is 0 Å². The van der Waals surface area contributed by atoms with E-state index in [4.69, 9.17) is 4.74 Å². The molecule has 144 valence electrons. The van der Waals surface area contributed by atoms with Gasteiger partial charge in [-0.05, 0) is 50.4 Å². The van der Waals surface area contributed by atoms with Gasteiger partial charge < -0.3 is 20.3 Å². The van der Waals surface area contributed by atoms with Crippen molar-refractivity contribution in [3.63, 3.8) is 0 Å². The molecule has 26 heavy (non-hydrogen) atoms. The molecular formula is C19H28ClN3O3. The summed E-state index contributed by atoms with van der Waals surface area (Å²) < 4.78 is 5.51. The van der Waals surface area contributed by atoms with Gasteiger partial charge in [-0.25, -0.2) is 0 Å². The molecule has 0 aromatic heterocycles. The number of carbonyl (C=O) groups excluding carboxylic acids is 2. The van der Waals surface area contributed by atoms with Crippen LogP contribution in [0.2, 0.25) is 0 Å². The first-order valence-electron chi connectivity index (χ1n) is 9.09. The maximum atomic E-state index is 12.5. The number of anilines is 1. The summed E-state index contributed by atoms with van der Waals surface area (Å²) in [6.45, 7) is 2.82. The van der Waals surface area contributed by atoms with Crippen LogP contribution in [0.3, 0.4) is 0 Å². The predicted octanol–water partition coefficient (Wildman–Crippen LogP) is 1.66. The van der Waals surface area contributed by atoms with Crippen molar-refractivity contribution in [1.82, 2.24) is 10.6 Å². The molecule has 1 aromatic carbocycles. The van der Waals surface area contributed by atoms with Crippen molar-refractivity contribution in [2.75, 3.05) is 38.2 Å². The second-order valence-electron chi connectivity index (χ2n) is 6.73. The van der Waals surface area contributed by atoms with Gasteiger partial charge in [0, 0.05) is 32.3 Å². The SMILES string of the molecule is COC1(C(=O)NCCCC(=O)N2CCc3ccccc32)CCNCC1.Cl. The zero-order valence-corrected chi connectivity index (χ0v) is 16.1. The van der Waals surface area contributed by atoms with Crippen molar-refractivity contribution < 1.29 is 14.3 Å². The van der Waals surface area contributed by atoms with Crippen LogP contribution in [0.1, 0.15) is 31.2 Å². The molecule has 0 atom stereocenters. The van der Waals surface area contributed by atoms with Crippen molar-refractivity contribution in [3.8, 4) is 0 Å². The molecule has 1 saturated heterocycles. The highest BCUT2D eigenvalue weighted by Gasteiger charge is 2.39. The zero-order chi connectivity index (χ0) is 17.7. The average molecular weight is 382 g/mol. The maximum Gasteiger partial charge on any atom is 0.252 e. The number of nitrogens with zero attached hydrogens (tertiary/aromatic N) is 1. The summed E-state index contributed by atoms with van der Waals surface area (Å²) in [5.74, 6) is 0.0676. The standard InChI is InChI=1S/C19H27N3O3.ClH/c1-25-19(9-12-20-13-10-19)18(24)21-11-4-7-17(23)22-14-8-15-5-2-3-6-16(15)22;/h2-3,5-6,20H,4,7-14H2,1H3,(H,21,24);1H. The number of amides is 2. The van der Waals surface area contributed by atoms with Gasteiger partial charge in [0.05, 0.1) is 0 Å². The number of hydrogen-bond acceptors (Lipinski definition) is 4. The molecule has 0 bridgehead atoms. The van der Waals surface area contributed by atoms with Gasteiger partial charge in [0.1, 0.15) is 5.60 Å². The number of carbonyl (C=O) groups is 2. The number of fused-ring (bicyclic) bond motifs is 1. The molecular weight excluding hydrogens is 354 g/mol. The number of para-hydroxylation sites is 1. The number of piperidine rings is 1. The quantitative estimate of drug-likeness (QED) is 0.735. The Morgan fingerprint density at radius 2 is 2.00 bits per heavy atom. The van der Waals surface area contributed by atoms with Gasteiger partial charge in [0.2, 0.25) is 5.91 Å². The summed E-state index contributed by atoms with van der Waals surface area (Å²) in [6.07, 6.45) is 3.36. The third kappa shape index (κ3) is 4.37. The van der Waals surface area contributed by atoms with E-state index < -0.39 is 5.60 Å². The fourth-order valence-electron chi connectivity index (χ4n) is 3.69. The molecule has 6 nitrogen and oxygen atoms in total. The van der Waals surface area contributed by atoms with E-state index in [1.54, 1.807) is 7.11 Å². The molecule has 2 amide bonds. The lowest BCUT2D eigenvalue weighted by molar-refractivity contribution is -0.146. The third-order valence-corrected chi connectivity index (χ3v) is 5.26. The normalized spacial score (nSPS) is 18.0. The van der Waals surface area contributed by atoms with Crippen LogP contribution in [0, 0.1) is 0 Å². The summed E-state index contributed by atoms with van der Waals surface area (Å²) in [4.78, 5) is 26.8. The number of benzene rings is 1. The molecule has 0 saturated carbocycles. The Labute approximate surface area is 161 Å². The third-order valence-electron chi connectivity index (χ3n) is 5.26. The summed E-state index contributed by atoms with van der Waals surface area (Å²) in [5.41, 5.74) is 1.55. The van der Waals surface area contributed by atoms with E-state index in [1.165, 1.54) is 5.56 Å². The van der Waals surface area contributed by atoms with E-state index in [9.17, 15) is 9.59 Å². The summed E-state index contributed by atoms with van der Waals surface area (Å²) >= 11 is 0. The highest BCUT2D eigenvalue weighted by Crippen LogP contribution is 2.28. The van der Waals surface area contributed by atoms with E-state index in [0.29, 0.717) is 32.2 Å². The number of rotatable bonds is 6. The predicted molar refractivity (Wildman–Crippen MR) is 104 cm³/mol. The van der Waals surface area contributed by atoms with Crippen LogP contribution in [-0.4, -0.2) is 50.7 Å². The average Bonchev–Trinajstić information content (AvgIpc) is 3.09. The minimum Gasteiger partial charge on any atom is -0.368 e. The molecule has 1 fully saturated rings. The Balaban J connectivity index is 0.00000243. The Bertz CT molecular complexity index is 632. The maximum absolute atomic E-state index is 12.5. The van der Waals surface area contributed by atoms with Gasteiger partial charge in [-0.15, -0.1) is 12.4 Å².